The maximum Gasteiger partial charge on any atom is 0.343 e. The van der Waals surface area contributed by atoms with Crippen LogP contribution >= 0.6 is 12.4 Å². The van der Waals surface area contributed by atoms with Crippen LogP contribution in [-0.2, 0) is 15.1 Å². The van der Waals surface area contributed by atoms with Gasteiger partial charge in [-0.3, -0.25) is 0 Å². The number of piperidine rings is 1. The molecule has 0 radical (unpaired) electrons. The summed E-state index contributed by atoms with van der Waals surface area (Å²) in [6, 6.07) is 9.04. The first-order valence-corrected chi connectivity index (χ1v) is 7.25. The molecule has 2 N–H and O–H groups in total. The Morgan fingerprint density at radius 2 is 1.86 bits per heavy atom. The Morgan fingerprint density at radius 1 is 1.29 bits per heavy atom. The summed E-state index contributed by atoms with van der Waals surface area (Å²) in [5.41, 5.74) is -0.986. The first-order valence-electron chi connectivity index (χ1n) is 7.25. The number of hydrogen-bond acceptors (Lipinski definition) is 4. The molecule has 0 amide bonds. The lowest BCUT2D eigenvalue weighted by atomic mass is 9.83. The van der Waals surface area contributed by atoms with Gasteiger partial charge in [0.1, 0.15) is 6.10 Å². The number of carbonyl (C=O) groups excluding carboxylic acids is 1. The topological polar surface area (TPSA) is 58.6 Å². The number of rotatable bonds is 4. The van der Waals surface area contributed by atoms with E-state index in [1.165, 1.54) is 0 Å². The van der Waals surface area contributed by atoms with Gasteiger partial charge in [0.05, 0.1) is 0 Å². The summed E-state index contributed by atoms with van der Waals surface area (Å²) < 4.78 is 5.54. The van der Waals surface area contributed by atoms with Gasteiger partial charge in [-0.25, -0.2) is 4.79 Å². The van der Waals surface area contributed by atoms with Crippen LogP contribution in [0.5, 0.6) is 0 Å². The zero-order valence-electron chi connectivity index (χ0n) is 12.5. The molecule has 1 aromatic carbocycles. The first kappa shape index (κ1) is 18.0. The molecule has 0 spiro atoms. The van der Waals surface area contributed by atoms with Crippen molar-refractivity contribution in [1.82, 2.24) is 5.32 Å². The van der Waals surface area contributed by atoms with Crippen molar-refractivity contribution in [2.75, 3.05) is 13.1 Å². The fraction of sp³-hybridized carbons (Fsp3) is 0.562. The molecule has 0 saturated carbocycles. The van der Waals surface area contributed by atoms with Gasteiger partial charge in [0.25, 0.3) is 0 Å². The van der Waals surface area contributed by atoms with Crippen LogP contribution in [0.15, 0.2) is 30.3 Å². The SMILES string of the molecule is CC(C)C(O)(C(=O)OC1CCNCC1)c1ccccc1.Cl. The quantitative estimate of drug-likeness (QED) is 0.837. The molecule has 1 heterocycles. The monoisotopic (exact) mass is 313 g/mol. The van der Waals surface area contributed by atoms with E-state index < -0.39 is 11.6 Å². The molecule has 0 aromatic heterocycles. The summed E-state index contributed by atoms with van der Waals surface area (Å²) in [4.78, 5) is 12.5. The highest BCUT2D eigenvalue weighted by Crippen LogP contribution is 2.31. The minimum Gasteiger partial charge on any atom is -0.460 e. The van der Waals surface area contributed by atoms with Crippen LogP contribution in [0, 0.1) is 5.92 Å². The summed E-state index contributed by atoms with van der Waals surface area (Å²) in [7, 11) is 0. The van der Waals surface area contributed by atoms with Crippen LogP contribution in [0.25, 0.3) is 0 Å². The van der Waals surface area contributed by atoms with E-state index >= 15 is 0 Å². The third-order valence-corrected chi connectivity index (χ3v) is 3.92. The molecule has 21 heavy (non-hydrogen) atoms. The third-order valence-electron chi connectivity index (χ3n) is 3.92. The average Bonchev–Trinajstić information content (AvgIpc) is 2.48. The molecule has 1 aliphatic heterocycles. The van der Waals surface area contributed by atoms with Crippen molar-refractivity contribution >= 4 is 18.4 Å². The predicted molar refractivity (Wildman–Crippen MR) is 84.4 cm³/mol. The maximum atomic E-state index is 12.5. The Balaban J connectivity index is 0.00000220. The molecule has 1 saturated heterocycles. The molecular weight excluding hydrogens is 290 g/mol. The molecule has 1 atom stereocenters. The fourth-order valence-electron chi connectivity index (χ4n) is 2.53. The van der Waals surface area contributed by atoms with Gasteiger partial charge in [-0.2, -0.15) is 0 Å². The minimum absolute atomic E-state index is 0. The predicted octanol–water partition coefficient (Wildman–Crippen LogP) is 2.25. The van der Waals surface area contributed by atoms with Crippen LogP contribution < -0.4 is 5.32 Å². The number of nitrogens with one attached hydrogen (secondary N) is 1. The molecule has 118 valence electrons. The second-order valence-corrected chi connectivity index (χ2v) is 5.64. The van der Waals surface area contributed by atoms with E-state index in [4.69, 9.17) is 4.74 Å². The van der Waals surface area contributed by atoms with Gasteiger partial charge >= 0.3 is 5.97 Å². The number of esters is 1. The van der Waals surface area contributed by atoms with E-state index in [9.17, 15) is 9.90 Å². The summed E-state index contributed by atoms with van der Waals surface area (Å²) in [6.07, 6.45) is 1.50. The second kappa shape index (κ2) is 7.78. The molecule has 0 aliphatic carbocycles. The van der Waals surface area contributed by atoms with Crippen LogP contribution in [-0.4, -0.2) is 30.3 Å². The highest BCUT2D eigenvalue weighted by Gasteiger charge is 2.43. The molecule has 4 nitrogen and oxygen atoms in total. The molecular formula is C16H24ClNO3. The van der Waals surface area contributed by atoms with Crippen molar-refractivity contribution in [2.24, 2.45) is 5.92 Å². The number of carbonyl (C=O) groups is 1. The number of hydrogen-bond donors (Lipinski definition) is 2. The Kier molecular flexibility index (Phi) is 6.65. The lowest BCUT2D eigenvalue weighted by Gasteiger charge is -2.33. The lowest BCUT2D eigenvalue weighted by Crippen LogP contribution is -2.45. The molecule has 5 heteroatoms. The summed E-state index contributed by atoms with van der Waals surface area (Å²) in [6.45, 7) is 5.36. The number of benzene rings is 1. The van der Waals surface area contributed by atoms with Crippen LogP contribution in [0.1, 0.15) is 32.3 Å². The molecule has 2 rings (SSSR count). The van der Waals surface area contributed by atoms with E-state index in [2.05, 4.69) is 5.32 Å². The van der Waals surface area contributed by atoms with Gasteiger partial charge in [-0.05, 0) is 37.4 Å². The van der Waals surface area contributed by atoms with Crippen molar-refractivity contribution < 1.29 is 14.6 Å². The molecule has 1 aliphatic rings. The summed E-state index contributed by atoms with van der Waals surface area (Å²) in [5.74, 6) is -0.787. The Morgan fingerprint density at radius 3 is 2.38 bits per heavy atom. The highest BCUT2D eigenvalue weighted by atomic mass is 35.5. The Labute approximate surface area is 132 Å². The van der Waals surface area contributed by atoms with Gasteiger partial charge in [0, 0.05) is 0 Å². The zero-order chi connectivity index (χ0) is 14.6. The van der Waals surface area contributed by atoms with Gasteiger partial charge in [0.2, 0.25) is 0 Å². The first-order chi connectivity index (χ1) is 9.55. The van der Waals surface area contributed by atoms with E-state index in [0.717, 1.165) is 25.9 Å². The fourth-order valence-corrected chi connectivity index (χ4v) is 2.53. The molecule has 1 aromatic rings. The Hall–Kier alpha value is -1.10. The van der Waals surface area contributed by atoms with Crippen molar-refractivity contribution in [1.29, 1.82) is 0 Å². The van der Waals surface area contributed by atoms with E-state index in [-0.39, 0.29) is 24.4 Å². The van der Waals surface area contributed by atoms with Crippen molar-refractivity contribution in [2.45, 2.75) is 38.4 Å². The normalized spacial score (nSPS) is 18.7. The number of halogens is 1. The van der Waals surface area contributed by atoms with E-state index in [0.29, 0.717) is 5.56 Å². The largest absolute Gasteiger partial charge is 0.460 e. The highest BCUT2D eigenvalue weighted by molar-refractivity contribution is 5.85. The zero-order valence-corrected chi connectivity index (χ0v) is 13.4. The third kappa shape index (κ3) is 3.96. The van der Waals surface area contributed by atoms with E-state index in [1.807, 2.05) is 32.0 Å². The minimum atomic E-state index is -1.58. The molecule has 1 unspecified atom stereocenters. The van der Waals surface area contributed by atoms with Gasteiger partial charge < -0.3 is 15.2 Å². The van der Waals surface area contributed by atoms with E-state index in [1.54, 1.807) is 12.1 Å². The maximum absolute atomic E-state index is 12.5. The summed E-state index contributed by atoms with van der Waals surface area (Å²) in [5, 5.41) is 14.1. The number of ether oxygens (including phenoxy) is 1. The van der Waals surface area contributed by atoms with Crippen LogP contribution in [0.4, 0.5) is 0 Å². The standard InChI is InChI=1S/C16H23NO3.ClH/c1-12(2)16(19,13-6-4-3-5-7-13)15(18)20-14-8-10-17-11-9-14;/h3-7,12,14,17,19H,8-11H2,1-2H3;1H. The van der Waals surface area contributed by atoms with Crippen LogP contribution in [0.2, 0.25) is 0 Å². The lowest BCUT2D eigenvalue weighted by molar-refractivity contribution is -0.179. The van der Waals surface area contributed by atoms with Crippen molar-refractivity contribution in [3.8, 4) is 0 Å². The van der Waals surface area contributed by atoms with Crippen molar-refractivity contribution in [3.05, 3.63) is 35.9 Å². The van der Waals surface area contributed by atoms with Gasteiger partial charge in [-0.1, -0.05) is 44.2 Å². The van der Waals surface area contributed by atoms with Gasteiger partial charge in [0.15, 0.2) is 5.60 Å². The summed E-state index contributed by atoms with van der Waals surface area (Å²) >= 11 is 0. The second-order valence-electron chi connectivity index (χ2n) is 5.64. The number of aliphatic hydroxyl groups is 1. The Bertz CT molecular complexity index is 446. The molecule has 0 bridgehead atoms. The molecule has 1 fully saturated rings. The average molecular weight is 314 g/mol. The van der Waals surface area contributed by atoms with Gasteiger partial charge in [-0.15, -0.1) is 12.4 Å². The smallest absolute Gasteiger partial charge is 0.343 e. The van der Waals surface area contributed by atoms with Crippen molar-refractivity contribution in [3.63, 3.8) is 0 Å². The van der Waals surface area contributed by atoms with Crippen LogP contribution in [0.3, 0.4) is 0 Å².